The van der Waals surface area contributed by atoms with Crippen LogP contribution in [-0.4, -0.2) is 49.4 Å². The third-order valence-corrected chi connectivity index (χ3v) is 6.95. The first-order valence-electron chi connectivity index (χ1n) is 10.3. The number of nitrogens with zero attached hydrogens (tertiary/aromatic N) is 3. The van der Waals surface area contributed by atoms with E-state index in [1.807, 2.05) is 24.3 Å². The van der Waals surface area contributed by atoms with Gasteiger partial charge in [0.1, 0.15) is 11.1 Å². The fraction of sp³-hybridized carbons (Fsp3) is 0.409. The molecule has 1 aromatic carbocycles. The number of para-hydroxylation sites is 1. The predicted molar refractivity (Wildman–Crippen MR) is 118 cm³/mol. The molecule has 0 unspecified atom stereocenters. The van der Waals surface area contributed by atoms with E-state index in [0.717, 1.165) is 63.1 Å². The lowest BCUT2D eigenvalue weighted by molar-refractivity contribution is -0.117. The summed E-state index contributed by atoms with van der Waals surface area (Å²) in [6, 6.07) is 9.88. The van der Waals surface area contributed by atoms with E-state index in [1.54, 1.807) is 0 Å². The number of carbonyl (C=O) groups is 2. The van der Waals surface area contributed by atoms with Crippen molar-refractivity contribution in [3.8, 4) is 6.07 Å². The maximum atomic E-state index is 12.7. The Hall–Kier alpha value is -2.89. The summed E-state index contributed by atoms with van der Waals surface area (Å²) in [5.74, 6) is -0.588. The monoisotopic (exact) mass is 423 g/mol. The Kier molecular flexibility index (Phi) is 6.02. The van der Waals surface area contributed by atoms with Crippen molar-refractivity contribution in [2.24, 2.45) is 5.73 Å². The quantitative estimate of drug-likeness (QED) is 0.769. The van der Waals surface area contributed by atoms with Crippen molar-refractivity contribution >= 4 is 33.8 Å². The number of anilines is 2. The van der Waals surface area contributed by atoms with E-state index >= 15 is 0 Å². The highest BCUT2D eigenvalue weighted by Crippen LogP contribution is 2.38. The molecular weight excluding hydrogens is 398 g/mol. The van der Waals surface area contributed by atoms with Gasteiger partial charge in [-0.1, -0.05) is 12.1 Å². The maximum Gasteiger partial charge on any atom is 0.251 e. The lowest BCUT2D eigenvalue weighted by Gasteiger charge is -2.24. The highest BCUT2D eigenvalue weighted by atomic mass is 32.1. The average Bonchev–Trinajstić information content (AvgIpc) is 3.22. The van der Waals surface area contributed by atoms with E-state index in [-0.39, 0.29) is 12.5 Å². The van der Waals surface area contributed by atoms with Gasteiger partial charge in [-0.3, -0.25) is 14.5 Å². The number of rotatable bonds is 5. The third kappa shape index (κ3) is 4.18. The minimum absolute atomic E-state index is 0.122. The summed E-state index contributed by atoms with van der Waals surface area (Å²) in [5.41, 5.74) is 8.72. The zero-order valence-corrected chi connectivity index (χ0v) is 17.6. The fourth-order valence-electron chi connectivity index (χ4n) is 4.34. The molecular formula is C22H25N5O2S. The second kappa shape index (κ2) is 8.86. The van der Waals surface area contributed by atoms with E-state index in [2.05, 4.69) is 21.2 Å². The van der Waals surface area contributed by atoms with Crippen LogP contribution in [0.1, 0.15) is 39.2 Å². The predicted octanol–water partition coefficient (Wildman–Crippen LogP) is 2.36. The van der Waals surface area contributed by atoms with Crippen molar-refractivity contribution in [2.45, 2.75) is 25.7 Å². The SMILES string of the molecule is N#Cc1ccccc1N1CCCN(CC(=O)Nc2sc3c(c2C(N)=O)CCC3)CC1. The smallest absolute Gasteiger partial charge is 0.251 e. The van der Waals surface area contributed by atoms with Gasteiger partial charge in [0.2, 0.25) is 5.91 Å². The van der Waals surface area contributed by atoms with Crippen molar-refractivity contribution in [1.29, 1.82) is 5.26 Å². The van der Waals surface area contributed by atoms with E-state index in [0.29, 0.717) is 16.1 Å². The number of nitrogens with one attached hydrogen (secondary N) is 1. The molecule has 0 spiro atoms. The number of benzene rings is 1. The zero-order chi connectivity index (χ0) is 21.1. The second-order valence-corrected chi connectivity index (χ2v) is 8.82. The Morgan fingerprint density at radius 3 is 2.77 bits per heavy atom. The first kappa shape index (κ1) is 20.4. The third-order valence-electron chi connectivity index (χ3n) is 5.74. The van der Waals surface area contributed by atoms with E-state index in [4.69, 9.17) is 5.73 Å². The standard InChI is InChI=1S/C22H25N5O2S/c23-13-15-5-1-2-7-17(15)27-10-4-9-26(11-12-27)14-19(28)25-22-20(21(24)29)16-6-3-8-18(16)30-22/h1-2,5,7H,3-4,6,8-12,14H2,(H2,24,29)(H,25,28). The number of nitrogens with two attached hydrogens (primary N) is 1. The van der Waals surface area contributed by atoms with Crippen molar-refractivity contribution in [1.82, 2.24) is 4.90 Å². The number of nitriles is 1. The molecule has 2 aliphatic rings. The number of thiophene rings is 1. The molecule has 4 rings (SSSR count). The van der Waals surface area contributed by atoms with Gasteiger partial charge in [-0.05, 0) is 43.4 Å². The van der Waals surface area contributed by atoms with Crippen molar-refractivity contribution < 1.29 is 9.59 Å². The average molecular weight is 424 g/mol. The number of fused-ring (bicyclic) bond motifs is 1. The van der Waals surface area contributed by atoms with E-state index < -0.39 is 5.91 Å². The van der Waals surface area contributed by atoms with Gasteiger partial charge in [-0.15, -0.1) is 11.3 Å². The molecule has 0 radical (unpaired) electrons. The maximum absolute atomic E-state index is 12.7. The molecule has 30 heavy (non-hydrogen) atoms. The second-order valence-electron chi connectivity index (χ2n) is 7.72. The van der Waals surface area contributed by atoms with Crippen molar-refractivity contribution in [2.75, 3.05) is 42.9 Å². The largest absolute Gasteiger partial charge is 0.369 e. The molecule has 8 heteroatoms. The van der Waals surface area contributed by atoms with Gasteiger partial charge < -0.3 is 16.0 Å². The van der Waals surface area contributed by atoms with Gasteiger partial charge in [0, 0.05) is 31.1 Å². The molecule has 1 aliphatic heterocycles. The number of hydrogen-bond donors (Lipinski definition) is 2. The van der Waals surface area contributed by atoms with Crippen LogP contribution < -0.4 is 16.0 Å². The topological polar surface area (TPSA) is 102 Å². The summed E-state index contributed by atoms with van der Waals surface area (Å²) in [6.07, 6.45) is 3.75. The van der Waals surface area contributed by atoms with Crippen LogP contribution in [0.2, 0.25) is 0 Å². The molecule has 2 amide bonds. The minimum Gasteiger partial charge on any atom is -0.369 e. The molecule has 0 bridgehead atoms. The summed E-state index contributed by atoms with van der Waals surface area (Å²) < 4.78 is 0. The van der Waals surface area contributed by atoms with Gasteiger partial charge in [0.25, 0.3) is 5.91 Å². The Balaban J connectivity index is 1.38. The molecule has 0 saturated carbocycles. The fourth-order valence-corrected chi connectivity index (χ4v) is 5.65. The van der Waals surface area contributed by atoms with Crippen LogP contribution in [0.25, 0.3) is 0 Å². The van der Waals surface area contributed by atoms with E-state index in [9.17, 15) is 14.9 Å². The van der Waals surface area contributed by atoms with Crippen LogP contribution in [0.5, 0.6) is 0 Å². The lowest BCUT2D eigenvalue weighted by atomic mass is 10.1. The summed E-state index contributed by atoms with van der Waals surface area (Å²) in [6.45, 7) is 3.42. The Bertz CT molecular complexity index is 1010. The Morgan fingerprint density at radius 2 is 1.97 bits per heavy atom. The molecule has 7 nitrogen and oxygen atoms in total. The highest BCUT2D eigenvalue weighted by Gasteiger charge is 2.26. The summed E-state index contributed by atoms with van der Waals surface area (Å²) in [7, 11) is 0. The van der Waals surface area contributed by atoms with Crippen LogP contribution in [0, 0.1) is 11.3 Å². The molecule has 2 aromatic rings. The molecule has 1 aromatic heterocycles. The van der Waals surface area contributed by atoms with E-state index in [1.165, 1.54) is 16.2 Å². The zero-order valence-electron chi connectivity index (χ0n) is 16.8. The Morgan fingerprint density at radius 1 is 1.13 bits per heavy atom. The van der Waals surface area contributed by atoms with Gasteiger partial charge in [0.15, 0.2) is 0 Å². The molecule has 1 saturated heterocycles. The van der Waals surface area contributed by atoms with Crippen molar-refractivity contribution in [3.05, 3.63) is 45.8 Å². The molecule has 3 N–H and O–H groups in total. The van der Waals surface area contributed by atoms with Crippen LogP contribution >= 0.6 is 11.3 Å². The first-order valence-corrected chi connectivity index (χ1v) is 11.1. The number of primary amides is 1. The summed E-state index contributed by atoms with van der Waals surface area (Å²) in [4.78, 5) is 30.1. The molecule has 1 fully saturated rings. The number of aryl methyl sites for hydroxylation is 1. The molecule has 1 aliphatic carbocycles. The van der Waals surface area contributed by atoms with Gasteiger partial charge >= 0.3 is 0 Å². The minimum atomic E-state index is -0.466. The van der Waals surface area contributed by atoms with Gasteiger partial charge in [0.05, 0.1) is 23.4 Å². The molecule has 156 valence electrons. The van der Waals surface area contributed by atoms with Crippen LogP contribution in [-0.2, 0) is 17.6 Å². The van der Waals surface area contributed by atoms with Crippen LogP contribution in [0.3, 0.4) is 0 Å². The van der Waals surface area contributed by atoms with Crippen LogP contribution in [0.4, 0.5) is 10.7 Å². The number of amides is 2. The van der Waals surface area contributed by atoms with Crippen LogP contribution in [0.15, 0.2) is 24.3 Å². The number of carbonyl (C=O) groups excluding carboxylic acids is 2. The van der Waals surface area contributed by atoms with Crippen molar-refractivity contribution in [3.63, 3.8) is 0 Å². The summed E-state index contributed by atoms with van der Waals surface area (Å²) in [5, 5.41) is 12.9. The highest BCUT2D eigenvalue weighted by molar-refractivity contribution is 7.17. The summed E-state index contributed by atoms with van der Waals surface area (Å²) >= 11 is 1.48. The normalized spacial score (nSPS) is 16.6. The van der Waals surface area contributed by atoms with Gasteiger partial charge in [-0.25, -0.2) is 0 Å². The molecule has 2 heterocycles. The lowest BCUT2D eigenvalue weighted by Crippen LogP contribution is -2.36. The number of hydrogen-bond acceptors (Lipinski definition) is 6. The first-order chi connectivity index (χ1) is 14.6. The molecule has 0 atom stereocenters. The Labute approximate surface area is 180 Å². The van der Waals surface area contributed by atoms with Gasteiger partial charge in [-0.2, -0.15) is 5.26 Å².